The third-order valence-corrected chi connectivity index (χ3v) is 3.94. The molecule has 70 valence electrons. The van der Waals surface area contributed by atoms with Crippen molar-refractivity contribution in [1.29, 1.82) is 5.26 Å². The molecule has 2 aromatic rings. The van der Waals surface area contributed by atoms with Gasteiger partial charge in [0, 0.05) is 19.0 Å². The normalized spacial score (nSPS) is 10.3. The molecular formula is C10H6INOS. The highest BCUT2D eigenvalue weighted by atomic mass is 127. The van der Waals surface area contributed by atoms with Crippen molar-refractivity contribution >= 4 is 44.0 Å². The van der Waals surface area contributed by atoms with E-state index in [1.807, 2.05) is 12.1 Å². The Morgan fingerprint density at radius 1 is 1.50 bits per heavy atom. The summed E-state index contributed by atoms with van der Waals surface area (Å²) in [6.45, 7) is 0. The highest BCUT2D eigenvalue weighted by molar-refractivity contribution is 14.1. The quantitative estimate of drug-likeness (QED) is 0.821. The van der Waals surface area contributed by atoms with Gasteiger partial charge in [-0.05, 0) is 34.2 Å². The summed E-state index contributed by atoms with van der Waals surface area (Å²) in [4.78, 5) is 0. The second kappa shape index (κ2) is 3.75. The topological polar surface area (TPSA) is 44.0 Å². The van der Waals surface area contributed by atoms with Gasteiger partial charge in [-0.25, -0.2) is 0 Å². The van der Waals surface area contributed by atoms with E-state index < -0.39 is 0 Å². The second-order valence-corrected chi connectivity index (χ2v) is 4.91. The molecule has 1 heterocycles. The molecule has 0 fully saturated rings. The first kappa shape index (κ1) is 9.74. The van der Waals surface area contributed by atoms with Crippen LogP contribution in [-0.4, -0.2) is 5.11 Å². The molecule has 0 unspecified atom stereocenters. The third kappa shape index (κ3) is 1.47. The molecule has 0 aliphatic heterocycles. The SMILES string of the molecule is N#CCc1ccc(I)c2c(O)csc12. The van der Waals surface area contributed by atoms with Gasteiger partial charge in [-0.15, -0.1) is 11.3 Å². The van der Waals surface area contributed by atoms with Gasteiger partial charge in [0.15, 0.2) is 0 Å². The molecule has 2 rings (SSSR count). The molecule has 0 aliphatic rings. The van der Waals surface area contributed by atoms with E-state index in [1.54, 1.807) is 5.38 Å². The van der Waals surface area contributed by atoms with E-state index in [2.05, 4.69) is 28.7 Å². The van der Waals surface area contributed by atoms with Crippen molar-refractivity contribution in [2.75, 3.05) is 0 Å². The molecule has 0 atom stereocenters. The van der Waals surface area contributed by atoms with Gasteiger partial charge >= 0.3 is 0 Å². The molecule has 1 N–H and O–H groups in total. The molecule has 0 amide bonds. The van der Waals surface area contributed by atoms with Gasteiger partial charge < -0.3 is 5.11 Å². The maximum absolute atomic E-state index is 9.61. The van der Waals surface area contributed by atoms with Crippen LogP contribution in [0.2, 0.25) is 0 Å². The fraction of sp³-hybridized carbons (Fsp3) is 0.100. The number of hydrogen-bond acceptors (Lipinski definition) is 3. The number of thiophene rings is 1. The summed E-state index contributed by atoms with van der Waals surface area (Å²) in [6, 6.07) is 6.01. The minimum atomic E-state index is 0.314. The van der Waals surface area contributed by atoms with Crippen LogP contribution in [0.15, 0.2) is 17.5 Å². The highest BCUT2D eigenvalue weighted by Crippen LogP contribution is 2.36. The predicted octanol–water partition coefficient (Wildman–Crippen LogP) is 3.28. The van der Waals surface area contributed by atoms with Crippen molar-refractivity contribution in [2.45, 2.75) is 6.42 Å². The Hall–Kier alpha value is -0.800. The molecule has 4 heteroatoms. The number of nitrogens with zero attached hydrogens (tertiary/aromatic N) is 1. The van der Waals surface area contributed by atoms with Crippen LogP contribution in [-0.2, 0) is 6.42 Å². The van der Waals surface area contributed by atoms with E-state index in [9.17, 15) is 5.11 Å². The Kier molecular flexibility index (Phi) is 2.61. The molecule has 0 radical (unpaired) electrons. The van der Waals surface area contributed by atoms with E-state index in [-0.39, 0.29) is 0 Å². The number of halogens is 1. The fourth-order valence-electron chi connectivity index (χ4n) is 1.37. The van der Waals surface area contributed by atoms with Crippen LogP contribution in [0, 0.1) is 14.9 Å². The highest BCUT2D eigenvalue weighted by Gasteiger charge is 2.10. The average Bonchev–Trinajstić information content (AvgIpc) is 2.54. The lowest BCUT2D eigenvalue weighted by Gasteiger charge is -2.00. The number of fused-ring (bicyclic) bond motifs is 1. The lowest BCUT2D eigenvalue weighted by atomic mass is 10.1. The van der Waals surface area contributed by atoms with Gasteiger partial charge in [0.05, 0.1) is 12.5 Å². The summed E-state index contributed by atoms with van der Waals surface area (Å²) in [5.74, 6) is 0.314. The number of aromatic hydroxyl groups is 1. The van der Waals surface area contributed by atoms with Crippen LogP contribution >= 0.6 is 33.9 Å². The van der Waals surface area contributed by atoms with Crippen LogP contribution < -0.4 is 0 Å². The minimum Gasteiger partial charge on any atom is -0.506 e. The monoisotopic (exact) mass is 315 g/mol. The van der Waals surface area contributed by atoms with Crippen molar-refractivity contribution in [2.24, 2.45) is 0 Å². The Labute approximate surface area is 98.9 Å². The molecule has 2 nitrogen and oxygen atoms in total. The van der Waals surface area contributed by atoms with Gasteiger partial charge in [-0.1, -0.05) is 6.07 Å². The van der Waals surface area contributed by atoms with E-state index in [0.29, 0.717) is 12.2 Å². The summed E-state index contributed by atoms with van der Waals surface area (Å²) >= 11 is 3.68. The smallest absolute Gasteiger partial charge is 0.135 e. The Balaban J connectivity index is 2.78. The molecule has 0 bridgehead atoms. The standard InChI is InChI=1S/C10H6INOS/c11-7-2-1-6(3-4-12)10-9(7)8(13)5-14-10/h1-2,5,13H,3H2. The zero-order chi connectivity index (χ0) is 10.1. The van der Waals surface area contributed by atoms with Crippen molar-refractivity contribution in [3.8, 4) is 11.8 Å². The third-order valence-electron chi connectivity index (χ3n) is 2.00. The maximum Gasteiger partial charge on any atom is 0.135 e. The molecule has 1 aromatic carbocycles. The first-order chi connectivity index (χ1) is 6.74. The molecule has 0 aliphatic carbocycles. The number of rotatable bonds is 1. The Morgan fingerprint density at radius 2 is 2.29 bits per heavy atom. The van der Waals surface area contributed by atoms with Crippen molar-refractivity contribution in [3.63, 3.8) is 0 Å². The van der Waals surface area contributed by atoms with E-state index in [4.69, 9.17) is 5.26 Å². The lowest BCUT2D eigenvalue weighted by molar-refractivity contribution is 0.483. The first-order valence-electron chi connectivity index (χ1n) is 3.98. The lowest BCUT2D eigenvalue weighted by Crippen LogP contribution is -1.83. The van der Waals surface area contributed by atoms with Crippen LogP contribution in [0.5, 0.6) is 5.75 Å². The van der Waals surface area contributed by atoms with E-state index in [0.717, 1.165) is 19.2 Å². The largest absolute Gasteiger partial charge is 0.506 e. The van der Waals surface area contributed by atoms with Crippen LogP contribution in [0.4, 0.5) is 0 Å². The minimum absolute atomic E-state index is 0.314. The average molecular weight is 315 g/mol. The second-order valence-electron chi connectivity index (χ2n) is 2.87. The van der Waals surface area contributed by atoms with Gasteiger partial charge in [0.2, 0.25) is 0 Å². The van der Waals surface area contributed by atoms with Gasteiger partial charge in [-0.2, -0.15) is 5.26 Å². The zero-order valence-electron chi connectivity index (χ0n) is 7.12. The van der Waals surface area contributed by atoms with Crippen LogP contribution in [0.1, 0.15) is 5.56 Å². The summed E-state index contributed by atoms with van der Waals surface area (Å²) in [7, 11) is 0. The summed E-state index contributed by atoms with van der Waals surface area (Å²) in [5.41, 5.74) is 0.994. The molecule has 0 spiro atoms. The van der Waals surface area contributed by atoms with Crippen molar-refractivity contribution in [3.05, 3.63) is 26.6 Å². The maximum atomic E-state index is 9.61. The molecule has 1 aromatic heterocycles. The van der Waals surface area contributed by atoms with E-state index in [1.165, 1.54) is 11.3 Å². The zero-order valence-corrected chi connectivity index (χ0v) is 10.1. The Bertz CT molecular complexity index is 527. The number of benzene rings is 1. The molecule has 0 saturated carbocycles. The first-order valence-corrected chi connectivity index (χ1v) is 5.94. The molecule has 0 saturated heterocycles. The van der Waals surface area contributed by atoms with Crippen molar-refractivity contribution < 1.29 is 5.11 Å². The van der Waals surface area contributed by atoms with Gasteiger partial charge in [0.1, 0.15) is 5.75 Å². The van der Waals surface area contributed by atoms with Crippen LogP contribution in [0.3, 0.4) is 0 Å². The Morgan fingerprint density at radius 3 is 3.00 bits per heavy atom. The fourth-order valence-corrected chi connectivity index (χ4v) is 3.25. The van der Waals surface area contributed by atoms with Gasteiger partial charge in [0.25, 0.3) is 0 Å². The number of nitriles is 1. The van der Waals surface area contributed by atoms with Crippen LogP contribution in [0.25, 0.3) is 10.1 Å². The number of hydrogen-bond donors (Lipinski definition) is 1. The molecular weight excluding hydrogens is 309 g/mol. The van der Waals surface area contributed by atoms with Gasteiger partial charge in [-0.3, -0.25) is 0 Å². The summed E-state index contributed by atoms with van der Waals surface area (Å²) in [5, 5.41) is 20.8. The van der Waals surface area contributed by atoms with E-state index >= 15 is 0 Å². The van der Waals surface area contributed by atoms with Crippen molar-refractivity contribution in [1.82, 2.24) is 0 Å². The summed E-state index contributed by atoms with van der Waals surface area (Å²) in [6.07, 6.45) is 0.396. The summed E-state index contributed by atoms with van der Waals surface area (Å²) < 4.78 is 2.05. The predicted molar refractivity (Wildman–Crippen MR) is 65.5 cm³/mol. The molecule has 14 heavy (non-hydrogen) atoms.